The number of hydrogen-bond acceptors (Lipinski definition) is 12. The van der Waals surface area contributed by atoms with Crippen LogP contribution >= 0.6 is 0 Å². The number of nitrogens with one attached hydrogen (secondary N) is 2. The lowest BCUT2D eigenvalue weighted by atomic mass is 9.88. The van der Waals surface area contributed by atoms with Crippen molar-refractivity contribution in [2.45, 2.75) is 48.8 Å². The molecule has 0 aromatic heterocycles. The van der Waals surface area contributed by atoms with E-state index >= 15 is 0 Å². The van der Waals surface area contributed by atoms with Gasteiger partial charge in [0.05, 0.1) is 44.7 Å². The molecule has 1 fully saturated rings. The Labute approximate surface area is 191 Å². The molecule has 1 unspecified atom stereocenters. The number of amides is 1. The molecule has 0 saturated carbocycles. The third kappa shape index (κ3) is 6.72. The summed E-state index contributed by atoms with van der Waals surface area (Å²) in [6.07, 6.45) is -7.81. The Morgan fingerprint density at radius 1 is 1.00 bits per heavy atom. The molecule has 1 aliphatic heterocycles. The highest BCUT2D eigenvalue weighted by Gasteiger charge is 2.49. The fourth-order valence-corrected chi connectivity index (χ4v) is 3.28. The van der Waals surface area contributed by atoms with Gasteiger partial charge in [0.1, 0.15) is 18.3 Å². The Hall–Kier alpha value is -3.09. The van der Waals surface area contributed by atoms with Crippen LogP contribution in [0, 0.1) is 5.41 Å². The number of piperidine rings is 1. The average molecular weight is 496 g/mol. The number of hydrogen-bond donors (Lipinski definition) is 10. The lowest BCUT2D eigenvalue weighted by Crippen LogP contribution is -2.70. The normalized spacial score (nSPS) is 26.2. The molecule has 1 rings (SSSR count). The van der Waals surface area contributed by atoms with E-state index in [-0.39, 0.29) is 0 Å². The Balaban J connectivity index is 2.78. The Bertz CT molecular complexity index is 777. The molecule has 0 aliphatic carbocycles. The summed E-state index contributed by atoms with van der Waals surface area (Å²) in [5, 5.41) is 84.2. The van der Waals surface area contributed by atoms with Gasteiger partial charge in [-0.3, -0.25) is 15.0 Å². The molecular formula is C17H28N4O13. The van der Waals surface area contributed by atoms with Crippen LogP contribution in [0.4, 0.5) is 0 Å². The summed E-state index contributed by atoms with van der Waals surface area (Å²) in [6, 6.07) is -2.78. The number of likely N-dealkylation sites (N-methyl/N-ethyl adjacent to an activating group) is 1. The van der Waals surface area contributed by atoms with Crippen LogP contribution in [0.2, 0.25) is 0 Å². The van der Waals surface area contributed by atoms with Crippen molar-refractivity contribution in [1.29, 1.82) is 5.41 Å². The van der Waals surface area contributed by atoms with Gasteiger partial charge in [-0.25, -0.2) is 9.59 Å². The van der Waals surface area contributed by atoms with E-state index in [1.165, 1.54) is 0 Å². The quantitative estimate of drug-likeness (QED) is 0.0808. The van der Waals surface area contributed by atoms with Crippen LogP contribution in [0.5, 0.6) is 0 Å². The van der Waals surface area contributed by atoms with Crippen molar-refractivity contribution in [3.05, 3.63) is 0 Å². The Morgan fingerprint density at radius 2 is 1.50 bits per heavy atom. The molecule has 17 nitrogen and oxygen atoms in total. The number of aliphatic carboxylic acids is 2. The maximum atomic E-state index is 12.7. The number of guanidine groups is 1. The number of aliphatic hydroxyl groups is 6. The first-order chi connectivity index (χ1) is 15.7. The van der Waals surface area contributed by atoms with E-state index in [0.29, 0.717) is 0 Å². The van der Waals surface area contributed by atoms with E-state index in [1.54, 1.807) is 5.48 Å². The fraction of sp³-hybridized carbons (Fsp3) is 0.706. The average Bonchev–Trinajstić information content (AvgIpc) is 2.74. The van der Waals surface area contributed by atoms with Crippen molar-refractivity contribution in [2.75, 3.05) is 26.8 Å². The van der Waals surface area contributed by atoms with Gasteiger partial charge < -0.3 is 55.5 Å². The smallest absolute Gasteiger partial charge is 0.336 e. The molecular weight excluding hydrogens is 468 g/mol. The third-order valence-electron chi connectivity index (χ3n) is 5.16. The molecule has 0 radical (unpaired) electrons. The van der Waals surface area contributed by atoms with Gasteiger partial charge >= 0.3 is 17.9 Å². The summed E-state index contributed by atoms with van der Waals surface area (Å²) in [6.45, 7) is -2.33. The zero-order valence-electron chi connectivity index (χ0n) is 17.9. The molecule has 34 heavy (non-hydrogen) atoms. The van der Waals surface area contributed by atoms with Gasteiger partial charge in [-0.05, 0) is 0 Å². The van der Waals surface area contributed by atoms with Gasteiger partial charge in [0.15, 0.2) is 5.60 Å². The molecule has 0 spiro atoms. The van der Waals surface area contributed by atoms with Crippen molar-refractivity contribution >= 4 is 29.8 Å². The van der Waals surface area contributed by atoms with Crippen LogP contribution in [-0.2, 0) is 24.0 Å². The zero-order valence-corrected chi connectivity index (χ0v) is 17.9. The molecule has 10 N–H and O–H groups in total. The topological polar surface area (TPSA) is 282 Å². The minimum atomic E-state index is -2.96. The maximum absolute atomic E-state index is 12.7. The van der Waals surface area contributed by atoms with Crippen molar-refractivity contribution in [3.8, 4) is 0 Å². The molecule has 0 aromatic carbocycles. The predicted molar refractivity (Wildman–Crippen MR) is 106 cm³/mol. The molecule has 1 heterocycles. The van der Waals surface area contributed by atoms with Gasteiger partial charge in [-0.2, -0.15) is 5.48 Å². The number of likely N-dealkylation sites (tertiary alicyclic amines) is 1. The summed E-state index contributed by atoms with van der Waals surface area (Å²) in [5.41, 5.74) is -1.18. The fourth-order valence-electron chi connectivity index (χ4n) is 3.28. The van der Waals surface area contributed by atoms with E-state index in [9.17, 15) is 49.8 Å². The van der Waals surface area contributed by atoms with Crippen LogP contribution in [-0.4, -0.2) is 143 Å². The summed E-state index contributed by atoms with van der Waals surface area (Å²) in [7, 11) is 1.16. The van der Waals surface area contributed by atoms with Crippen LogP contribution < -0.4 is 5.48 Å². The highest BCUT2D eigenvalue weighted by Crippen LogP contribution is 2.25. The summed E-state index contributed by atoms with van der Waals surface area (Å²) < 4.78 is 0. The lowest BCUT2D eigenvalue weighted by molar-refractivity contribution is -0.188. The Morgan fingerprint density at radius 3 is 1.91 bits per heavy atom. The first kappa shape index (κ1) is 28.9. The number of carbonyl (C=O) groups is 4. The van der Waals surface area contributed by atoms with Crippen molar-refractivity contribution in [2.24, 2.45) is 0 Å². The standard InChI is InChI=1S/C17H28N4O13/c1-20(16(18)19-34-11(27)3-17(33,15(31)32)2-10(25)26)4-9(24)21-7(5-22)12(28)14(30)13(29)8(21)6-23/h7-8,12-14,22-23,28-30,33H,2-6H2,1H3,(H2,18,19)(H,25,26)(H,31,32)/t7-,8-,12-,13+,14-,17?/m1/s1. The van der Waals surface area contributed by atoms with Gasteiger partial charge in [-0.15, -0.1) is 0 Å². The van der Waals surface area contributed by atoms with Crippen molar-refractivity contribution < 1.29 is 64.9 Å². The number of aliphatic hydroxyl groups excluding tert-OH is 5. The third-order valence-corrected chi connectivity index (χ3v) is 5.16. The minimum Gasteiger partial charge on any atom is -0.481 e. The van der Waals surface area contributed by atoms with Gasteiger partial charge in [0.25, 0.3) is 0 Å². The van der Waals surface area contributed by atoms with Crippen molar-refractivity contribution in [1.82, 2.24) is 15.3 Å². The molecule has 1 amide bonds. The lowest BCUT2D eigenvalue weighted by Gasteiger charge is -2.48. The van der Waals surface area contributed by atoms with Gasteiger partial charge in [0, 0.05) is 7.05 Å². The first-order valence-corrected chi connectivity index (χ1v) is 9.70. The molecule has 1 aliphatic rings. The second kappa shape index (κ2) is 11.9. The number of hydroxylamine groups is 1. The van der Waals surface area contributed by atoms with Crippen LogP contribution in [0.1, 0.15) is 12.8 Å². The molecule has 6 atom stereocenters. The van der Waals surface area contributed by atoms with E-state index in [1.807, 2.05) is 0 Å². The Kier molecular flexibility index (Phi) is 10.1. The second-order valence-electron chi connectivity index (χ2n) is 7.64. The van der Waals surface area contributed by atoms with E-state index in [4.69, 9.17) is 15.6 Å². The molecule has 0 bridgehead atoms. The molecule has 1 saturated heterocycles. The zero-order chi connectivity index (χ0) is 26.4. The number of rotatable bonds is 9. The number of nitrogens with zero attached hydrogens (tertiary/aromatic N) is 2. The number of carboxylic acids is 2. The minimum absolute atomic E-state index is 0.677. The molecule has 0 aromatic rings. The summed E-state index contributed by atoms with van der Waals surface area (Å²) >= 11 is 0. The SMILES string of the molecule is CN(CC(=O)N1[C@H](CO)[C@H](O)[C@H](O)[C@H](O)[C@H]1CO)C(=N)NOC(=O)CC(O)(CC(=O)O)C(=O)O. The van der Waals surface area contributed by atoms with E-state index in [0.717, 1.165) is 16.8 Å². The highest BCUT2D eigenvalue weighted by molar-refractivity contribution is 5.89. The van der Waals surface area contributed by atoms with Crippen LogP contribution in [0.3, 0.4) is 0 Å². The second-order valence-corrected chi connectivity index (χ2v) is 7.64. The number of carbonyl (C=O) groups excluding carboxylic acids is 2. The van der Waals surface area contributed by atoms with Gasteiger partial charge in [0.2, 0.25) is 11.9 Å². The largest absolute Gasteiger partial charge is 0.481 e. The monoisotopic (exact) mass is 496 g/mol. The highest BCUT2D eigenvalue weighted by atomic mass is 16.7. The van der Waals surface area contributed by atoms with Gasteiger partial charge in [-0.1, -0.05) is 0 Å². The first-order valence-electron chi connectivity index (χ1n) is 9.70. The molecule has 17 heteroatoms. The van der Waals surface area contributed by atoms with E-state index < -0.39 is 98.4 Å². The predicted octanol–water partition coefficient (Wildman–Crippen LogP) is -5.77. The van der Waals surface area contributed by atoms with Crippen molar-refractivity contribution in [3.63, 3.8) is 0 Å². The maximum Gasteiger partial charge on any atom is 0.336 e. The van der Waals surface area contributed by atoms with E-state index in [2.05, 4.69) is 4.84 Å². The van der Waals surface area contributed by atoms with Crippen LogP contribution in [0.15, 0.2) is 0 Å². The molecule has 194 valence electrons. The number of carboxylic acid groups (broad SMARTS) is 2. The summed E-state index contributed by atoms with van der Waals surface area (Å²) in [5.74, 6) is -6.77. The summed E-state index contributed by atoms with van der Waals surface area (Å²) in [4.78, 5) is 52.3. The van der Waals surface area contributed by atoms with Crippen LogP contribution in [0.25, 0.3) is 0 Å².